The number of hydrogen-bond acceptors (Lipinski definition) is 5. The van der Waals surface area contributed by atoms with Crippen molar-refractivity contribution in [1.82, 2.24) is 14.7 Å². The summed E-state index contributed by atoms with van der Waals surface area (Å²) in [5, 5.41) is 3.23. The highest BCUT2D eigenvalue weighted by molar-refractivity contribution is 8.00. The van der Waals surface area contributed by atoms with Gasteiger partial charge in [-0.2, -0.15) is 4.37 Å². The summed E-state index contributed by atoms with van der Waals surface area (Å²) in [5.41, 5.74) is 0. The fourth-order valence-electron chi connectivity index (χ4n) is 0.751. The van der Waals surface area contributed by atoms with Crippen LogP contribution < -0.4 is 5.32 Å². The average molecular weight is 215 g/mol. The molecule has 0 unspecified atom stereocenters. The van der Waals surface area contributed by atoms with Gasteiger partial charge in [-0.15, -0.1) is 6.58 Å². The van der Waals surface area contributed by atoms with Crippen molar-refractivity contribution in [2.75, 3.05) is 18.8 Å². The normalized spacial score (nSPS) is 10.2. The zero-order valence-electron chi connectivity index (χ0n) is 7.62. The molecule has 0 aliphatic carbocycles. The molecule has 0 saturated heterocycles. The van der Waals surface area contributed by atoms with Crippen LogP contribution in [0.3, 0.4) is 0 Å². The fraction of sp³-hybridized carbons (Fsp3) is 0.500. The Hall–Kier alpha value is -0.390. The fourth-order valence-corrected chi connectivity index (χ4v) is 2.37. The molecule has 1 aromatic rings. The lowest BCUT2D eigenvalue weighted by molar-refractivity contribution is 0.807. The Labute approximate surface area is 86.8 Å². The van der Waals surface area contributed by atoms with Gasteiger partial charge in [0.1, 0.15) is 5.82 Å². The van der Waals surface area contributed by atoms with Crippen molar-refractivity contribution < 1.29 is 0 Å². The highest BCUT2D eigenvalue weighted by Gasteiger charge is 1.99. The van der Waals surface area contributed by atoms with Gasteiger partial charge < -0.3 is 5.32 Å². The van der Waals surface area contributed by atoms with Gasteiger partial charge in [0.05, 0.1) is 0 Å². The molecule has 3 nitrogen and oxygen atoms in total. The van der Waals surface area contributed by atoms with Crippen molar-refractivity contribution in [1.29, 1.82) is 0 Å². The Morgan fingerprint density at radius 1 is 1.69 bits per heavy atom. The molecular weight excluding hydrogens is 202 g/mol. The summed E-state index contributed by atoms with van der Waals surface area (Å²) in [4.78, 5) is 4.25. The summed E-state index contributed by atoms with van der Waals surface area (Å²) in [6.07, 6.45) is 1.86. The lowest BCUT2D eigenvalue weighted by atomic mass is 10.6. The molecule has 0 radical (unpaired) electrons. The van der Waals surface area contributed by atoms with E-state index in [2.05, 4.69) is 21.3 Å². The summed E-state index contributed by atoms with van der Waals surface area (Å²) in [6.45, 7) is 7.40. The molecule has 1 N–H and O–H groups in total. The van der Waals surface area contributed by atoms with Crippen molar-refractivity contribution in [2.45, 2.75) is 11.3 Å². The summed E-state index contributed by atoms with van der Waals surface area (Å²) < 4.78 is 5.16. The summed E-state index contributed by atoms with van der Waals surface area (Å²) in [5.74, 6) is 1.90. The van der Waals surface area contributed by atoms with Gasteiger partial charge in [0.2, 0.25) is 0 Å². The molecule has 1 aromatic heterocycles. The van der Waals surface area contributed by atoms with Gasteiger partial charge in [0, 0.05) is 18.8 Å². The lowest BCUT2D eigenvalue weighted by Crippen LogP contribution is -2.16. The van der Waals surface area contributed by atoms with E-state index in [1.807, 2.05) is 13.0 Å². The van der Waals surface area contributed by atoms with Crippen LogP contribution in [0.25, 0.3) is 0 Å². The van der Waals surface area contributed by atoms with Crippen LogP contribution in [0.2, 0.25) is 0 Å². The minimum atomic E-state index is 0.867. The van der Waals surface area contributed by atoms with Crippen LogP contribution in [0, 0.1) is 6.92 Å². The second-order valence-electron chi connectivity index (χ2n) is 2.45. The topological polar surface area (TPSA) is 37.8 Å². The van der Waals surface area contributed by atoms with E-state index in [-0.39, 0.29) is 0 Å². The second kappa shape index (κ2) is 6.12. The highest BCUT2D eigenvalue weighted by Crippen LogP contribution is 2.18. The molecule has 0 saturated carbocycles. The summed E-state index contributed by atoms with van der Waals surface area (Å²) in [7, 11) is 0. The van der Waals surface area contributed by atoms with Crippen LogP contribution >= 0.6 is 23.3 Å². The van der Waals surface area contributed by atoms with E-state index in [0.717, 1.165) is 29.0 Å². The first-order valence-corrected chi connectivity index (χ1v) is 5.83. The zero-order valence-corrected chi connectivity index (χ0v) is 9.25. The predicted octanol–water partition coefficient (Wildman–Crippen LogP) is 1.71. The van der Waals surface area contributed by atoms with Crippen LogP contribution in [-0.4, -0.2) is 28.2 Å². The third-order valence-corrected chi connectivity index (χ3v) is 3.23. The van der Waals surface area contributed by atoms with Gasteiger partial charge in [-0.25, -0.2) is 4.98 Å². The van der Waals surface area contributed by atoms with Gasteiger partial charge in [-0.05, 0) is 18.5 Å². The standard InChI is InChI=1S/C8H13N3S2/c1-3-4-9-5-6-12-8-10-7(2)11-13-8/h3,9H,1,4-6H2,2H3. The molecule has 5 heteroatoms. The van der Waals surface area contributed by atoms with Crippen LogP contribution in [0.5, 0.6) is 0 Å². The third-order valence-electron chi connectivity index (χ3n) is 1.30. The predicted molar refractivity (Wildman–Crippen MR) is 58.4 cm³/mol. The first-order chi connectivity index (χ1) is 6.33. The molecule has 0 amide bonds. The maximum absolute atomic E-state index is 4.25. The molecule has 0 atom stereocenters. The average Bonchev–Trinajstić information content (AvgIpc) is 2.51. The van der Waals surface area contributed by atoms with E-state index in [1.165, 1.54) is 11.5 Å². The minimum absolute atomic E-state index is 0.867. The Bertz CT molecular complexity index is 260. The molecule has 0 aliphatic rings. The highest BCUT2D eigenvalue weighted by atomic mass is 32.2. The molecular formula is C8H13N3S2. The summed E-state index contributed by atoms with van der Waals surface area (Å²) in [6, 6.07) is 0. The maximum Gasteiger partial charge on any atom is 0.170 e. The number of thioether (sulfide) groups is 1. The molecule has 0 bridgehead atoms. The quantitative estimate of drug-likeness (QED) is 0.445. The number of aryl methyl sites for hydroxylation is 1. The van der Waals surface area contributed by atoms with Gasteiger partial charge >= 0.3 is 0 Å². The monoisotopic (exact) mass is 215 g/mol. The number of nitrogens with zero attached hydrogens (tertiary/aromatic N) is 2. The van der Waals surface area contributed by atoms with Crippen LogP contribution in [-0.2, 0) is 0 Å². The molecule has 0 aromatic carbocycles. The van der Waals surface area contributed by atoms with Crippen molar-refractivity contribution in [2.24, 2.45) is 0 Å². The van der Waals surface area contributed by atoms with Gasteiger partial charge in [-0.1, -0.05) is 17.8 Å². The van der Waals surface area contributed by atoms with Gasteiger partial charge in [0.25, 0.3) is 0 Å². The minimum Gasteiger partial charge on any atom is -0.312 e. The largest absolute Gasteiger partial charge is 0.312 e. The molecule has 72 valence electrons. The first kappa shape index (κ1) is 10.7. The Balaban J connectivity index is 2.09. The SMILES string of the molecule is C=CCNCCSc1nc(C)ns1. The van der Waals surface area contributed by atoms with Crippen LogP contribution in [0.4, 0.5) is 0 Å². The van der Waals surface area contributed by atoms with Crippen LogP contribution in [0.1, 0.15) is 5.82 Å². The molecule has 0 fully saturated rings. The van der Waals surface area contributed by atoms with E-state index in [1.54, 1.807) is 11.8 Å². The van der Waals surface area contributed by atoms with Crippen molar-refractivity contribution in [3.63, 3.8) is 0 Å². The molecule has 0 spiro atoms. The Morgan fingerprint density at radius 2 is 2.54 bits per heavy atom. The van der Waals surface area contributed by atoms with Gasteiger partial charge in [0.15, 0.2) is 4.34 Å². The number of hydrogen-bond donors (Lipinski definition) is 1. The number of aromatic nitrogens is 2. The van der Waals surface area contributed by atoms with Crippen molar-refractivity contribution in [3.05, 3.63) is 18.5 Å². The van der Waals surface area contributed by atoms with E-state index in [9.17, 15) is 0 Å². The van der Waals surface area contributed by atoms with E-state index in [4.69, 9.17) is 0 Å². The van der Waals surface area contributed by atoms with Crippen molar-refractivity contribution in [3.8, 4) is 0 Å². The van der Waals surface area contributed by atoms with E-state index < -0.39 is 0 Å². The number of rotatable bonds is 6. The number of nitrogens with one attached hydrogen (secondary N) is 1. The third kappa shape index (κ3) is 4.40. The molecule has 0 aliphatic heterocycles. The maximum atomic E-state index is 4.25. The molecule has 1 rings (SSSR count). The van der Waals surface area contributed by atoms with E-state index >= 15 is 0 Å². The van der Waals surface area contributed by atoms with Crippen molar-refractivity contribution >= 4 is 23.3 Å². The first-order valence-electron chi connectivity index (χ1n) is 4.07. The van der Waals surface area contributed by atoms with E-state index in [0.29, 0.717) is 0 Å². The second-order valence-corrected chi connectivity index (χ2v) is 4.54. The Morgan fingerprint density at radius 3 is 3.15 bits per heavy atom. The summed E-state index contributed by atoms with van der Waals surface area (Å²) >= 11 is 3.21. The zero-order chi connectivity index (χ0) is 9.52. The van der Waals surface area contributed by atoms with Gasteiger partial charge in [-0.3, -0.25) is 0 Å². The van der Waals surface area contributed by atoms with Crippen LogP contribution in [0.15, 0.2) is 17.0 Å². The molecule has 1 heterocycles. The lowest BCUT2D eigenvalue weighted by Gasteiger charge is -1.98. The smallest absolute Gasteiger partial charge is 0.170 e. The Kier molecular flexibility index (Phi) is 5.03. The molecule has 13 heavy (non-hydrogen) atoms.